The van der Waals surface area contributed by atoms with Crippen LogP contribution in [0.25, 0.3) is 153 Å². The maximum Gasteiger partial charge on any atom is 0.420 e. The topological polar surface area (TPSA) is 19.7 Å². The second kappa shape index (κ2) is 16.6. The van der Waals surface area contributed by atoms with E-state index in [1.54, 1.807) is 48.5 Å². The smallest absolute Gasteiger partial charge is 0.306 e. The Balaban J connectivity index is 1.28. The number of para-hydroxylation sites is 4. The van der Waals surface area contributed by atoms with Crippen molar-refractivity contribution in [3.05, 3.63) is 254 Å². The van der Waals surface area contributed by atoms with Gasteiger partial charge in [-0.2, -0.15) is 26.3 Å². The highest BCUT2D eigenvalue weighted by Crippen LogP contribution is 2.57. The first kappa shape index (κ1) is 46.6. The van der Waals surface area contributed by atoms with Gasteiger partial charge in [0.25, 0.3) is 0 Å². The molecule has 0 spiro atoms. The Morgan fingerprint density at radius 2 is 0.390 bits per heavy atom. The van der Waals surface area contributed by atoms with E-state index in [4.69, 9.17) is 0 Å². The molecule has 4 heterocycles. The van der Waals surface area contributed by atoms with E-state index < -0.39 is 46.2 Å². The monoisotopic (exact) mass is 1070 g/mol. The Kier molecular flexibility index (Phi) is 9.44. The second-order valence-corrected chi connectivity index (χ2v) is 21.3. The molecule has 390 valence electrons. The molecular weight excluding hydrogens is 1030 g/mol. The van der Waals surface area contributed by atoms with Crippen molar-refractivity contribution in [2.45, 2.75) is 12.4 Å². The van der Waals surface area contributed by atoms with Crippen LogP contribution in [-0.2, 0) is 12.4 Å². The van der Waals surface area contributed by atoms with Crippen molar-refractivity contribution in [3.8, 4) is 22.7 Å². The van der Waals surface area contributed by atoms with Crippen LogP contribution in [0.2, 0.25) is 0 Å². The average molecular weight is 1080 g/mol. The van der Waals surface area contributed by atoms with E-state index in [0.717, 1.165) is 0 Å². The number of hydrogen-bond acceptors (Lipinski definition) is 0. The van der Waals surface area contributed by atoms with Gasteiger partial charge in [0.15, 0.2) is 0 Å². The highest BCUT2D eigenvalue weighted by atomic mass is 19.4. The number of alkyl halides is 6. The van der Waals surface area contributed by atoms with Crippen LogP contribution in [0, 0.1) is 0 Å². The molecule has 0 saturated heterocycles. The predicted molar refractivity (Wildman–Crippen MR) is 324 cm³/mol. The van der Waals surface area contributed by atoms with Gasteiger partial charge in [0.2, 0.25) is 0 Å². The second-order valence-electron chi connectivity index (χ2n) is 21.3. The van der Waals surface area contributed by atoms with Crippen LogP contribution in [0.15, 0.2) is 243 Å². The quantitative estimate of drug-likeness (QED) is 0.157. The van der Waals surface area contributed by atoms with Crippen LogP contribution < -0.4 is 0 Å². The molecule has 17 aromatic rings. The number of rotatable bonds is 4. The third-order valence-corrected chi connectivity index (χ3v) is 17.1. The van der Waals surface area contributed by atoms with Crippen LogP contribution in [0.3, 0.4) is 0 Å². The van der Waals surface area contributed by atoms with Crippen LogP contribution in [0.4, 0.5) is 26.3 Å². The van der Waals surface area contributed by atoms with Crippen LogP contribution in [0.1, 0.15) is 11.1 Å². The Morgan fingerprint density at radius 3 is 0.610 bits per heavy atom. The summed E-state index contributed by atoms with van der Waals surface area (Å²) in [6.07, 6.45) is -10.8. The lowest BCUT2D eigenvalue weighted by Gasteiger charge is -2.32. The van der Waals surface area contributed by atoms with E-state index in [2.05, 4.69) is 0 Å². The fourth-order valence-electron chi connectivity index (χ4n) is 14.0. The lowest BCUT2D eigenvalue weighted by atomic mass is 9.96. The maximum atomic E-state index is 18.8. The van der Waals surface area contributed by atoms with Gasteiger partial charge >= 0.3 is 12.4 Å². The lowest BCUT2D eigenvalue weighted by Crippen LogP contribution is -2.26. The molecule has 0 aliphatic rings. The summed E-state index contributed by atoms with van der Waals surface area (Å²) in [7, 11) is 0. The molecule has 0 N–H and O–H groups in total. The van der Waals surface area contributed by atoms with Crippen LogP contribution in [0.5, 0.6) is 0 Å². The summed E-state index contributed by atoms with van der Waals surface area (Å²) < 4.78 is 119. The highest BCUT2D eigenvalue weighted by molar-refractivity contribution is 6.24. The van der Waals surface area contributed by atoms with Crippen molar-refractivity contribution in [1.29, 1.82) is 0 Å². The fourth-order valence-corrected chi connectivity index (χ4v) is 14.0. The molecule has 0 bridgehead atoms. The maximum absolute atomic E-state index is 18.8. The number of benzene rings is 13. The van der Waals surface area contributed by atoms with Gasteiger partial charge in [-0.15, -0.1) is 0 Å². The molecule has 0 unspecified atom stereocenters. The normalized spacial score (nSPS) is 12.8. The van der Waals surface area contributed by atoms with E-state index in [0.29, 0.717) is 130 Å². The Morgan fingerprint density at radius 1 is 0.195 bits per heavy atom. The number of nitrogens with zero attached hydrogens (tertiary/aromatic N) is 4. The van der Waals surface area contributed by atoms with Gasteiger partial charge in [-0.3, -0.25) is 0 Å². The van der Waals surface area contributed by atoms with Crippen LogP contribution in [-0.4, -0.2) is 18.3 Å². The van der Waals surface area contributed by atoms with Crippen molar-refractivity contribution >= 4 is 130 Å². The Hall–Kier alpha value is -10.3. The molecule has 4 aromatic heterocycles. The molecule has 13 aromatic carbocycles. The predicted octanol–water partition coefficient (Wildman–Crippen LogP) is 20.7. The summed E-state index contributed by atoms with van der Waals surface area (Å²) in [6.45, 7) is 0. The van der Waals surface area contributed by atoms with Gasteiger partial charge in [-0.05, 0) is 45.8 Å². The summed E-state index contributed by atoms with van der Waals surface area (Å²) in [4.78, 5) is 0. The third-order valence-electron chi connectivity index (χ3n) is 17.1. The van der Waals surface area contributed by atoms with Gasteiger partial charge in [-0.25, -0.2) is 0 Å². The molecule has 10 heteroatoms. The summed E-state index contributed by atoms with van der Waals surface area (Å²) >= 11 is 0. The zero-order valence-corrected chi connectivity index (χ0v) is 43.2. The Bertz CT molecular complexity index is 4950. The molecule has 0 fully saturated rings. The van der Waals surface area contributed by atoms with Crippen molar-refractivity contribution in [2.24, 2.45) is 0 Å². The zero-order chi connectivity index (χ0) is 54.9. The fraction of sp³-hybridized carbons (Fsp3) is 0.0278. The van der Waals surface area contributed by atoms with Gasteiger partial charge in [0.1, 0.15) is 11.1 Å². The number of aromatic nitrogens is 4. The number of hydrogen-bond donors (Lipinski definition) is 0. The minimum atomic E-state index is -5.40. The lowest BCUT2D eigenvalue weighted by molar-refractivity contribution is -0.141. The minimum Gasteiger partial charge on any atom is -0.306 e. The van der Waals surface area contributed by atoms with Gasteiger partial charge < -0.3 is 18.3 Å². The number of fused-ring (bicyclic) bond motifs is 20. The minimum absolute atomic E-state index is 0.300. The van der Waals surface area contributed by atoms with Crippen molar-refractivity contribution in [2.75, 3.05) is 0 Å². The molecule has 0 aliphatic heterocycles. The molecule has 0 radical (unpaired) electrons. The highest BCUT2D eigenvalue weighted by Gasteiger charge is 2.50. The van der Waals surface area contributed by atoms with E-state index in [1.165, 1.54) is 18.3 Å². The van der Waals surface area contributed by atoms with Crippen molar-refractivity contribution in [3.63, 3.8) is 0 Å². The van der Waals surface area contributed by atoms with Crippen molar-refractivity contribution in [1.82, 2.24) is 18.3 Å². The first-order chi connectivity index (χ1) is 40.0. The Labute approximate surface area is 461 Å². The molecule has 0 saturated carbocycles. The third kappa shape index (κ3) is 6.23. The molecular formula is C72H40F6N4. The van der Waals surface area contributed by atoms with E-state index in [-0.39, 0.29) is 0 Å². The largest absolute Gasteiger partial charge is 0.420 e. The summed E-state index contributed by atoms with van der Waals surface area (Å²) in [6, 6.07) is 73.3. The molecule has 4 nitrogen and oxygen atoms in total. The van der Waals surface area contributed by atoms with E-state index >= 15 is 26.3 Å². The standard InChI is InChI=1S/C72H40F6N4/c73-71(74,75)61-67(79-57-29-13-9-25-49(57)53-37-33-41-17-1-5-21-45(41)63(53)79)68(80-58-30-14-10-26-50(58)54-38-34-42-18-2-6-22-46(42)64(54)80)62(72(76,77)78)70(82-60-32-16-12-28-52(60)56-40-36-44-20-4-8-24-48(44)66(56)82)69(61)81-59-31-15-11-27-51(59)55-39-35-43-19-3-7-23-47(43)65(55)81/h1-40H. The van der Waals surface area contributed by atoms with E-state index in [1.807, 2.05) is 194 Å². The molecule has 0 aliphatic carbocycles. The van der Waals surface area contributed by atoms with Gasteiger partial charge in [-0.1, -0.05) is 218 Å². The summed E-state index contributed by atoms with van der Waals surface area (Å²) in [5, 5.41) is 9.71. The number of halogens is 6. The molecule has 0 amide bonds. The SMILES string of the molecule is FC(F)(F)c1c(-n2c3ccccc3c3ccc4ccccc4c32)c(-n2c3ccccc3c3ccc4ccccc4c32)c(C(F)(F)F)c(-n2c3ccccc3c3ccc4ccccc4c32)c1-n1c2ccccc2c2ccc3ccccc3c21. The van der Waals surface area contributed by atoms with Crippen molar-refractivity contribution < 1.29 is 26.3 Å². The first-order valence-electron chi connectivity index (χ1n) is 27.1. The summed E-state index contributed by atoms with van der Waals surface area (Å²) in [5.41, 5.74) is -2.67. The summed E-state index contributed by atoms with van der Waals surface area (Å²) in [5.74, 6) is 0. The van der Waals surface area contributed by atoms with Crippen LogP contribution >= 0.6 is 0 Å². The van der Waals surface area contributed by atoms with Gasteiger partial charge in [0.05, 0.1) is 66.9 Å². The molecule has 82 heavy (non-hydrogen) atoms. The van der Waals surface area contributed by atoms with E-state index in [9.17, 15) is 0 Å². The zero-order valence-electron chi connectivity index (χ0n) is 43.2. The molecule has 17 rings (SSSR count). The van der Waals surface area contributed by atoms with Gasteiger partial charge in [0, 0.05) is 64.6 Å². The average Bonchev–Trinajstić information content (AvgIpc) is 2.60. The molecule has 0 atom stereocenters. The first-order valence-corrected chi connectivity index (χ1v) is 27.1.